The first-order valence-corrected chi connectivity index (χ1v) is 8.78. The first-order chi connectivity index (χ1) is 12.0. The van der Waals surface area contributed by atoms with Crippen LogP contribution in [0.3, 0.4) is 0 Å². The third-order valence-corrected chi connectivity index (χ3v) is 4.60. The van der Waals surface area contributed by atoms with E-state index in [2.05, 4.69) is 12.2 Å². The van der Waals surface area contributed by atoms with Crippen LogP contribution in [0.15, 0.2) is 18.2 Å². The first kappa shape index (κ1) is 22.8. The number of hydrogen-bond acceptors (Lipinski definition) is 4. The van der Waals surface area contributed by atoms with Crippen LogP contribution in [-0.2, 0) is 16.0 Å². The third-order valence-electron chi connectivity index (χ3n) is 4.60. The summed E-state index contributed by atoms with van der Waals surface area (Å²) < 4.78 is 10.4. The Hall–Kier alpha value is -1.24. The molecule has 2 rings (SSSR count). The SMILES string of the molecule is COc1cc(CCC(=O)N[C@H]2CC[C@H](C)CC2)ccc1OCC(=O)O.[Na]. The normalized spacial score (nSPS) is 19.2. The van der Waals surface area contributed by atoms with Gasteiger partial charge in [0.15, 0.2) is 18.1 Å². The molecule has 0 aromatic heterocycles. The molecular formula is C19H27NNaO5. The maximum Gasteiger partial charge on any atom is 0.341 e. The van der Waals surface area contributed by atoms with Gasteiger partial charge in [0.05, 0.1) is 7.11 Å². The molecule has 0 spiro atoms. The van der Waals surface area contributed by atoms with Gasteiger partial charge in [-0.15, -0.1) is 0 Å². The fourth-order valence-electron chi connectivity index (χ4n) is 3.09. The van der Waals surface area contributed by atoms with Crippen molar-refractivity contribution in [1.29, 1.82) is 0 Å². The van der Waals surface area contributed by atoms with Gasteiger partial charge in [-0.1, -0.05) is 13.0 Å². The van der Waals surface area contributed by atoms with E-state index in [1.807, 2.05) is 6.07 Å². The summed E-state index contributed by atoms with van der Waals surface area (Å²) in [5.41, 5.74) is 0.951. The number of benzene rings is 1. The number of carboxylic acids is 1. The predicted octanol–water partition coefficient (Wildman–Crippen LogP) is 2.41. The summed E-state index contributed by atoms with van der Waals surface area (Å²) in [5, 5.41) is 11.8. The summed E-state index contributed by atoms with van der Waals surface area (Å²) >= 11 is 0. The quantitative estimate of drug-likeness (QED) is 0.685. The molecule has 0 unspecified atom stereocenters. The molecule has 2 N–H and O–H groups in total. The van der Waals surface area contributed by atoms with Gasteiger partial charge in [-0.2, -0.15) is 0 Å². The van der Waals surface area contributed by atoms with Gasteiger partial charge in [0.25, 0.3) is 0 Å². The fraction of sp³-hybridized carbons (Fsp3) is 0.579. The number of nitrogens with one attached hydrogen (secondary N) is 1. The Bertz CT molecular complexity index is 600. The van der Waals surface area contributed by atoms with E-state index in [4.69, 9.17) is 14.6 Å². The Morgan fingerprint density at radius 1 is 1.19 bits per heavy atom. The molecule has 1 fully saturated rings. The van der Waals surface area contributed by atoms with Crippen molar-refractivity contribution in [1.82, 2.24) is 5.32 Å². The summed E-state index contributed by atoms with van der Waals surface area (Å²) in [6, 6.07) is 5.60. The van der Waals surface area contributed by atoms with E-state index in [1.165, 1.54) is 20.0 Å². The summed E-state index contributed by atoms with van der Waals surface area (Å²) in [6.45, 7) is 1.84. The van der Waals surface area contributed by atoms with Gasteiger partial charge in [0, 0.05) is 42.0 Å². The number of aliphatic carboxylic acids is 1. The van der Waals surface area contributed by atoms with Crippen LogP contribution in [0.2, 0.25) is 0 Å². The molecule has 0 saturated heterocycles. The number of ether oxygens (including phenoxy) is 2. The zero-order valence-corrected chi connectivity index (χ0v) is 17.9. The zero-order chi connectivity index (χ0) is 18.2. The minimum absolute atomic E-state index is 0. The van der Waals surface area contributed by atoms with Crippen molar-refractivity contribution in [3.63, 3.8) is 0 Å². The summed E-state index contributed by atoms with van der Waals surface area (Å²) in [5.74, 6) is 0.655. The van der Waals surface area contributed by atoms with Crippen LogP contribution in [0.25, 0.3) is 0 Å². The van der Waals surface area contributed by atoms with Gasteiger partial charge in [0.2, 0.25) is 5.91 Å². The van der Waals surface area contributed by atoms with Crippen molar-refractivity contribution in [2.45, 2.75) is 51.5 Å². The number of carboxylic acid groups (broad SMARTS) is 1. The number of carbonyl (C=O) groups excluding carboxylic acids is 1. The van der Waals surface area contributed by atoms with E-state index >= 15 is 0 Å². The van der Waals surface area contributed by atoms with Gasteiger partial charge in [-0.05, 0) is 55.7 Å². The predicted molar refractivity (Wildman–Crippen MR) is 99.8 cm³/mol. The molecule has 1 saturated carbocycles. The number of hydrogen-bond donors (Lipinski definition) is 2. The van der Waals surface area contributed by atoms with Crippen LogP contribution >= 0.6 is 0 Å². The maximum atomic E-state index is 12.1. The third kappa shape index (κ3) is 7.56. The number of carbonyl (C=O) groups is 2. The van der Waals surface area contributed by atoms with E-state index in [0.717, 1.165) is 24.3 Å². The largest absolute Gasteiger partial charge is 0.493 e. The second-order valence-corrected chi connectivity index (χ2v) is 6.69. The topological polar surface area (TPSA) is 84.9 Å². The van der Waals surface area contributed by atoms with Crippen molar-refractivity contribution in [3.8, 4) is 11.5 Å². The van der Waals surface area contributed by atoms with E-state index in [9.17, 15) is 9.59 Å². The Balaban J connectivity index is 0.00000338. The van der Waals surface area contributed by atoms with Crippen LogP contribution < -0.4 is 14.8 Å². The van der Waals surface area contributed by atoms with Gasteiger partial charge < -0.3 is 19.9 Å². The standard InChI is InChI=1S/C19H27NO5.Na/c1-13-3-7-15(8-4-13)20-18(21)10-6-14-5-9-16(17(11-14)24-2)25-12-19(22)23;/h5,9,11,13,15H,3-4,6-8,10,12H2,1-2H3,(H,20,21)(H,22,23);/t13-,15-;. The maximum absolute atomic E-state index is 12.1. The molecule has 0 bridgehead atoms. The molecule has 1 amide bonds. The monoisotopic (exact) mass is 372 g/mol. The molecule has 139 valence electrons. The number of aryl methyl sites for hydroxylation is 1. The zero-order valence-electron chi connectivity index (χ0n) is 15.9. The summed E-state index contributed by atoms with van der Waals surface area (Å²) in [6.07, 6.45) is 5.52. The van der Waals surface area contributed by atoms with Crippen LogP contribution in [-0.4, -0.2) is 66.3 Å². The van der Waals surface area contributed by atoms with Crippen molar-refractivity contribution < 1.29 is 24.2 Å². The summed E-state index contributed by atoms with van der Waals surface area (Å²) in [7, 11) is 1.50. The van der Waals surface area contributed by atoms with Crippen LogP contribution in [0.5, 0.6) is 11.5 Å². The second kappa shape index (κ2) is 11.5. The van der Waals surface area contributed by atoms with Gasteiger partial charge in [-0.3, -0.25) is 4.79 Å². The molecule has 7 heteroatoms. The van der Waals surface area contributed by atoms with Crippen LogP contribution in [0.1, 0.15) is 44.6 Å². The average molecular weight is 372 g/mol. The average Bonchev–Trinajstić information content (AvgIpc) is 2.60. The Morgan fingerprint density at radius 3 is 2.50 bits per heavy atom. The summed E-state index contributed by atoms with van der Waals surface area (Å²) in [4.78, 5) is 22.7. The number of rotatable bonds is 8. The minimum atomic E-state index is -1.04. The molecular weight excluding hydrogens is 345 g/mol. The van der Waals surface area contributed by atoms with E-state index < -0.39 is 12.6 Å². The smallest absolute Gasteiger partial charge is 0.341 e. The van der Waals surface area contributed by atoms with Crippen molar-refractivity contribution in [2.24, 2.45) is 5.92 Å². The molecule has 26 heavy (non-hydrogen) atoms. The van der Waals surface area contributed by atoms with E-state index in [0.29, 0.717) is 30.4 Å². The molecule has 1 radical (unpaired) electrons. The molecule has 1 aliphatic rings. The molecule has 1 aliphatic carbocycles. The van der Waals surface area contributed by atoms with E-state index in [1.54, 1.807) is 12.1 Å². The van der Waals surface area contributed by atoms with Crippen LogP contribution in [0, 0.1) is 5.92 Å². The fourth-order valence-corrected chi connectivity index (χ4v) is 3.09. The molecule has 1 aromatic rings. The van der Waals surface area contributed by atoms with E-state index in [-0.39, 0.29) is 35.5 Å². The van der Waals surface area contributed by atoms with Crippen molar-refractivity contribution >= 4 is 41.4 Å². The second-order valence-electron chi connectivity index (χ2n) is 6.69. The molecule has 0 aliphatic heterocycles. The Morgan fingerprint density at radius 2 is 1.88 bits per heavy atom. The van der Waals surface area contributed by atoms with Gasteiger partial charge in [-0.25, -0.2) is 4.79 Å². The van der Waals surface area contributed by atoms with Gasteiger partial charge >= 0.3 is 5.97 Å². The van der Waals surface area contributed by atoms with Crippen molar-refractivity contribution in [2.75, 3.05) is 13.7 Å². The Labute approximate surface area is 176 Å². The number of methoxy groups -OCH3 is 1. The minimum Gasteiger partial charge on any atom is -0.493 e. The van der Waals surface area contributed by atoms with Crippen LogP contribution in [0.4, 0.5) is 0 Å². The molecule has 1 aromatic carbocycles. The molecule has 0 heterocycles. The Kier molecular flexibility index (Phi) is 10.1. The molecule has 6 nitrogen and oxygen atoms in total. The number of amides is 1. The molecule has 0 atom stereocenters. The van der Waals surface area contributed by atoms with Gasteiger partial charge in [0.1, 0.15) is 0 Å². The van der Waals surface area contributed by atoms with Crippen molar-refractivity contribution in [3.05, 3.63) is 23.8 Å². The first-order valence-electron chi connectivity index (χ1n) is 8.78.